The Hall–Kier alpha value is -1.88. The molecule has 0 heterocycles. The third kappa shape index (κ3) is 7.22. The zero-order valence-electron chi connectivity index (χ0n) is 13.5. The van der Waals surface area contributed by atoms with E-state index in [1.807, 2.05) is 30.3 Å². The summed E-state index contributed by atoms with van der Waals surface area (Å²) in [6.45, 7) is 5.59. The smallest absolute Gasteiger partial charge is 0.307 e. The van der Waals surface area contributed by atoms with E-state index in [0.717, 1.165) is 5.56 Å². The summed E-state index contributed by atoms with van der Waals surface area (Å²) in [7, 11) is 0. The summed E-state index contributed by atoms with van der Waals surface area (Å²) in [6, 6.07) is 9.52. The normalized spacial score (nSPS) is 12.5. The average Bonchev–Trinajstić information content (AvgIpc) is 2.43. The standard InChI is InChI=1S/C17H25NO4/c1-17(2,3)22-15(20)11-14(9-10-19)16(21)18-12-13-7-5-4-6-8-13/h4-8,14,19H,9-12H2,1-3H3,(H,18,21)/t14-/m0/s1. The fourth-order valence-electron chi connectivity index (χ4n) is 2.00. The lowest BCUT2D eigenvalue weighted by molar-refractivity contribution is -0.157. The van der Waals surface area contributed by atoms with E-state index in [1.54, 1.807) is 20.8 Å². The summed E-state index contributed by atoms with van der Waals surface area (Å²) in [4.78, 5) is 24.0. The number of amides is 1. The maximum Gasteiger partial charge on any atom is 0.307 e. The van der Waals surface area contributed by atoms with E-state index in [-0.39, 0.29) is 25.4 Å². The third-order valence-corrected chi connectivity index (χ3v) is 2.99. The largest absolute Gasteiger partial charge is 0.460 e. The molecule has 0 aliphatic carbocycles. The molecular weight excluding hydrogens is 282 g/mol. The van der Waals surface area contributed by atoms with Crippen molar-refractivity contribution in [2.75, 3.05) is 6.61 Å². The van der Waals surface area contributed by atoms with Gasteiger partial charge in [0, 0.05) is 13.2 Å². The van der Waals surface area contributed by atoms with Crippen LogP contribution >= 0.6 is 0 Å². The highest BCUT2D eigenvalue weighted by Gasteiger charge is 2.25. The number of esters is 1. The van der Waals surface area contributed by atoms with Gasteiger partial charge in [-0.3, -0.25) is 9.59 Å². The minimum absolute atomic E-state index is 0.0293. The van der Waals surface area contributed by atoms with E-state index in [1.165, 1.54) is 0 Å². The van der Waals surface area contributed by atoms with E-state index in [9.17, 15) is 9.59 Å². The Morgan fingerprint density at radius 2 is 1.86 bits per heavy atom. The molecule has 1 aromatic carbocycles. The molecule has 0 aliphatic heterocycles. The molecule has 0 aromatic heterocycles. The summed E-state index contributed by atoms with van der Waals surface area (Å²) >= 11 is 0. The monoisotopic (exact) mass is 307 g/mol. The summed E-state index contributed by atoms with van der Waals surface area (Å²) in [5.74, 6) is -1.26. The lowest BCUT2D eigenvalue weighted by Crippen LogP contribution is -2.34. The quantitative estimate of drug-likeness (QED) is 0.756. The molecule has 0 spiro atoms. The number of carbonyl (C=O) groups excluding carboxylic acids is 2. The number of hydrogen-bond acceptors (Lipinski definition) is 4. The van der Waals surface area contributed by atoms with E-state index in [0.29, 0.717) is 6.54 Å². The zero-order chi connectivity index (χ0) is 16.6. The molecule has 2 N–H and O–H groups in total. The van der Waals surface area contributed by atoms with Crippen LogP contribution in [0.15, 0.2) is 30.3 Å². The van der Waals surface area contributed by atoms with Crippen LogP contribution in [0.5, 0.6) is 0 Å². The second-order valence-electron chi connectivity index (χ2n) is 6.20. The van der Waals surface area contributed by atoms with Crippen molar-refractivity contribution in [2.24, 2.45) is 5.92 Å². The first-order chi connectivity index (χ1) is 10.3. The summed E-state index contributed by atoms with van der Waals surface area (Å²) < 4.78 is 5.23. The first kappa shape index (κ1) is 18.2. The van der Waals surface area contributed by atoms with Crippen molar-refractivity contribution in [2.45, 2.75) is 45.8 Å². The Bertz CT molecular complexity index is 479. The highest BCUT2D eigenvalue weighted by atomic mass is 16.6. The second kappa shape index (κ2) is 8.54. The molecule has 1 amide bonds. The van der Waals surface area contributed by atoms with Gasteiger partial charge in [0.25, 0.3) is 0 Å². The van der Waals surface area contributed by atoms with E-state index >= 15 is 0 Å². The lowest BCUT2D eigenvalue weighted by atomic mass is 10.0. The number of rotatable bonds is 7. The first-order valence-corrected chi connectivity index (χ1v) is 7.46. The van der Waals surface area contributed by atoms with Crippen LogP contribution in [0.25, 0.3) is 0 Å². The van der Waals surface area contributed by atoms with Gasteiger partial charge in [-0.05, 0) is 32.8 Å². The van der Waals surface area contributed by atoms with E-state index < -0.39 is 17.5 Å². The second-order valence-corrected chi connectivity index (χ2v) is 6.20. The molecular formula is C17H25NO4. The van der Waals surface area contributed by atoms with Gasteiger partial charge in [0.1, 0.15) is 5.60 Å². The van der Waals surface area contributed by atoms with Crippen LogP contribution in [0.1, 0.15) is 39.2 Å². The van der Waals surface area contributed by atoms with Crippen molar-refractivity contribution in [1.29, 1.82) is 0 Å². The highest BCUT2D eigenvalue weighted by Crippen LogP contribution is 2.15. The Balaban J connectivity index is 2.54. The SMILES string of the molecule is CC(C)(C)OC(=O)C[C@H](CCO)C(=O)NCc1ccccc1. The number of carbonyl (C=O) groups is 2. The van der Waals surface area contributed by atoms with Gasteiger partial charge >= 0.3 is 5.97 Å². The van der Waals surface area contributed by atoms with Crippen molar-refractivity contribution in [3.63, 3.8) is 0 Å². The number of benzene rings is 1. The molecule has 1 atom stereocenters. The molecule has 0 fully saturated rings. The van der Waals surface area contributed by atoms with Crippen molar-refractivity contribution in [1.82, 2.24) is 5.32 Å². The lowest BCUT2D eigenvalue weighted by Gasteiger charge is -2.21. The van der Waals surface area contributed by atoms with Gasteiger partial charge in [0.2, 0.25) is 5.91 Å². The van der Waals surface area contributed by atoms with Gasteiger partial charge in [-0.15, -0.1) is 0 Å². The van der Waals surface area contributed by atoms with Crippen molar-refractivity contribution in [3.05, 3.63) is 35.9 Å². The van der Waals surface area contributed by atoms with Crippen LogP contribution in [0.2, 0.25) is 0 Å². The Morgan fingerprint density at radius 1 is 1.23 bits per heavy atom. The van der Waals surface area contributed by atoms with Crippen LogP contribution in [0, 0.1) is 5.92 Å². The predicted molar refractivity (Wildman–Crippen MR) is 83.9 cm³/mol. The molecule has 1 aromatic rings. The summed E-state index contributed by atoms with van der Waals surface area (Å²) in [6.07, 6.45) is 0.207. The number of aliphatic hydroxyl groups is 1. The molecule has 0 aliphatic rings. The summed E-state index contributed by atoms with van der Waals surface area (Å²) in [5.41, 5.74) is 0.400. The molecule has 0 saturated heterocycles. The molecule has 122 valence electrons. The minimum atomic E-state index is -0.582. The van der Waals surface area contributed by atoms with Gasteiger partial charge in [-0.1, -0.05) is 30.3 Å². The predicted octanol–water partition coefficient (Wildman–Crippen LogP) is 2.03. The Morgan fingerprint density at radius 3 is 2.41 bits per heavy atom. The summed E-state index contributed by atoms with van der Waals surface area (Å²) in [5, 5.41) is 11.9. The topological polar surface area (TPSA) is 75.6 Å². The molecule has 5 nitrogen and oxygen atoms in total. The Kier molecular flexibility index (Phi) is 7.05. The van der Waals surface area contributed by atoms with E-state index in [2.05, 4.69) is 5.32 Å². The van der Waals surface area contributed by atoms with Gasteiger partial charge in [-0.25, -0.2) is 0 Å². The van der Waals surface area contributed by atoms with Crippen LogP contribution in [-0.2, 0) is 20.9 Å². The third-order valence-electron chi connectivity index (χ3n) is 2.99. The minimum Gasteiger partial charge on any atom is -0.460 e. The molecule has 0 radical (unpaired) electrons. The number of nitrogens with one attached hydrogen (secondary N) is 1. The van der Waals surface area contributed by atoms with Crippen LogP contribution < -0.4 is 5.32 Å². The van der Waals surface area contributed by atoms with Crippen LogP contribution in [-0.4, -0.2) is 29.2 Å². The molecule has 1 rings (SSSR count). The van der Waals surface area contributed by atoms with Gasteiger partial charge in [0.15, 0.2) is 0 Å². The zero-order valence-corrected chi connectivity index (χ0v) is 13.5. The van der Waals surface area contributed by atoms with Gasteiger partial charge in [0.05, 0.1) is 12.3 Å². The fraction of sp³-hybridized carbons (Fsp3) is 0.529. The van der Waals surface area contributed by atoms with Crippen LogP contribution in [0.4, 0.5) is 0 Å². The maximum absolute atomic E-state index is 12.2. The van der Waals surface area contributed by atoms with Crippen molar-refractivity contribution in [3.8, 4) is 0 Å². The average molecular weight is 307 g/mol. The van der Waals surface area contributed by atoms with Crippen molar-refractivity contribution >= 4 is 11.9 Å². The Labute approximate surface area is 131 Å². The highest BCUT2D eigenvalue weighted by molar-refractivity contribution is 5.83. The van der Waals surface area contributed by atoms with Crippen LogP contribution in [0.3, 0.4) is 0 Å². The molecule has 0 unspecified atom stereocenters. The van der Waals surface area contributed by atoms with Gasteiger partial charge < -0.3 is 15.2 Å². The number of hydrogen-bond donors (Lipinski definition) is 2. The molecule has 22 heavy (non-hydrogen) atoms. The maximum atomic E-state index is 12.2. The van der Waals surface area contributed by atoms with Gasteiger partial charge in [-0.2, -0.15) is 0 Å². The van der Waals surface area contributed by atoms with Crippen molar-refractivity contribution < 1.29 is 19.4 Å². The number of ether oxygens (including phenoxy) is 1. The molecule has 0 saturated carbocycles. The van der Waals surface area contributed by atoms with E-state index in [4.69, 9.17) is 9.84 Å². The molecule has 5 heteroatoms. The fourth-order valence-corrected chi connectivity index (χ4v) is 2.00. The number of aliphatic hydroxyl groups excluding tert-OH is 1. The first-order valence-electron chi connectivity index (χ1n) is 7.46. The molecule has 0 bridgehead atoms.